The first-order valence-electron chi connectivity index (χ1n) is 9.80. The van der Waals surface area contributed by atoms with Gasteiger partial charge < -0.3 is 25.4 Å². The molecular weight excluding hydrogens is 366 g/mol. The van der Waals surface area contributed by atoms with Gasteiger partial charge in [0.15, 0.2) is 0 Å². The van der Waals surface area contributed by atoms with Crippen molar-refractivity contribution >= 4 is 23.9 Å². The molecule has 1 fully saturated rings. The number of carboxylic acids is 1. The number of hydrogen-bond donors (Lipinski definition) is 3. The zero-order chi connectivity index (χ0) is 21.2. The summed E-state index contributed by atoms with van der Waals surface area (Å²) in [6.07, 6.45) is 3.34. The molecule has 0 aromatic rings. The van der Waals surface area contributed by atoms with Crippen LogP contribution in [0.4, 0.5) is 4.79 Å². The van der Waals surface area contributed by atoms with Crippen LogP contribution in [-0.4, -0.2) is 65.7 Å². The van der Waals surface area contributed by atoms with Crippen LogP contribution in [0.2, 0.25) is 0 Å². The predicted octanol–water partition coefficient (Wildman–Crippen LogP) is 1.51. The highest BCUT2D eigenvalue weighted by Gasteiger charge is 2.26. The van der Waals surface area contributed by atoms with Crippen LogP contribution in [0.15, 0.2) is 0 Å². The minimum absolute atomic E-state index is 0.0476. The number of carbonyl (C=O) groups is 4. The number of nitrogens with one attached hydrogen (secondary N) is 2. The fourth-order valence-electron chi connectivity index (χ4n) is 2.92. The summed E-state index contributed by atoms with van der Waals surface area (Å²) in [5.41, 5.74) is -0.492. The lowest BCUT2D eigenvalue weighted by Crippen LogP contribution is -2.41. The van der Waals surface area contributed by atoms with Crippen molar-refractivity contribution in [1.82, 2.24) is 15.5 Å². The van der Waals surface area contributed by atoms with Crippen molar-refractivity contribution in [3.8, 4) is 0 Å². The minimum Gasteiger partial charge on any atom is -0.481 e. The SMILES string of the molecule is CC(C)(C)OC(=O)N1CCC(CCCC(=O)NCC(=O)NCCC(=O)O)CC1. The van der Waals surface area contributed by atoms with Gasteiger partial charge in [-0.1, -0.05) is 0 Å². The van der Waals surface area contributed by atoms with E-state index in [0.29, 0.717) is 25.4 Å². The minimum atomic E-state index is -0.985. The molecule has 0 bridgehead atoms. The molecule has 3 N–H and O–H groups in total. The number of aliphatic carboxylic acids is 1. The molecule has 0 unspecified atom stereocenters. The largest absolute Gasteiger partial charge is 0.481 e. The van der Waals surface area contributed by atoms with Crippen LogP contribution in [0.1, 0.15) is 59.3 Å². The molecule has 0 aromatic heterocycles. The lowest BCUT2D eigenvalue weighted by molar-refractivity contribution is -0.137. The number of rotatable bonds is 9. The molecule has 0 radical (unpaired) electrons. The van der Waals surface area contributed by atoms with E-state index in [9.17, 15) is 19.2 Å². The van der Waals surface area contributed by atoms with Crippen molar-refractivity contribution in [3.05, 3.63) is 0 Å². The molecule has 9 heteroatoms. The Balaban J connectivity index is 2.12. The Labute approximate surface area is 166 Å². The van der Waals surface area contributed by atoms with E-state index >= 15 is 0 Å². The monoisotopic (exact) mass is 399 g/mol. The molecule has 0 atom stereocenters. The van der Waals surface area contributed by atoms with Crippen LogP contribution in [0.5, 0.6) is 0 Å². The molecule has 9 nitrogen and oxygen atoms in total. The van der Waals surface area contributed by atoms with E-state index in [-0.39, 0.29) is 31.5 Å². The van der Waals surface area contributed by atoms with Gasteiger partial charge >= 0.3 is 12.1 Å². The van der Waals surface area contributed by atoms with Crippen molar-refractivity contribution in [3.63, 3.8) is 0 Å². The molecule has 28 heavy (non-hydrogen) atoms. The van der Waals surface area contributed by atoms with Crippen molar-refractivity contribution in [2.75, 3.05) is 26.2 Å². The molecule has 160 valence electrons. The Kier molecular flexibility index (Phi) is 9.75. The molecule has 1 aliphatic heterocycles. The van der Waals surface area contributed by atoms with E-state index < -0.39 is 17.5 Å². The summed E-state index contributed by atoms with van der Waals surface area (Å²) >= 11 is 0. The van der Waals surface area contributed by atoms with E-state index in [1.54, 1.807) is 4.90 Å². The first-order chi connectivity index (χ1) is 13.1. The first-order valence-corrected chi connectivity index (χ1v) is 9.80. The van der Waals surface area contributed by atoms with E-state index in [4.69, 9.17) is 9.84 Å². The standard InChI is InChI=1S/C19H33N3O6/c1-19(2,3)28-18(27)22-11-8-14(9-12-22)5-4-6-15(23)21-13-16(24)20-10-7-17(25)26/h14H,4-13H2,1-3H3,(H,20,24)(H,21,23)(H,25,26). The zero-order valence-electron chi connectivity index (χ0n) is 17.1. The Hall–Kier alpha value is -2.32. The van der Waals surface area contributed by atoms with Gasteiger partial charge in [-0.05, 0) is 52.4 Å². The fourth-order valence-corrected chi connectivity index (χ4v) is 2.92. The molecule has 0 aromatic carbocycles. The number of carbonyl (C=O) groups excluding carboxylic acids is 3. The molecule has 3 amide bonds. The maximum Gasteiger partial charge on any atom is 0.410 e. The summed E-state index contributed by atoms with van der Waals surface area (Å²) < 4.78 is 5.38. The van der Waals surface area contributed by atoms with Crippen molar-refractivity contribution in [1.29, 1.82) is 0 Å². The summed E-state index contributed by atoms with van der Waals surface area (Å²) in [6.45, 7) is 6.79. The second kappa shape index (κ2) is 11.5. The summed E-state index contributed by atoms with van der Waals surface area (Å²) in [7, 11) is 0. The number of likely N-dealkylation sites (tertiary alicyclic amines) is 1. The molecule has 1 heterocycles. The van der Waals surface area contributed by atoms with Gasteiger partial charge in [-0.2, -0.15) is 0 Å². The van der Waals surface area contributed by atoms with Crippen LogP contribution in [0, 0.1) is 5.92 Å². The third-order valence-corrected chi connectivity index (χ3v) is 4.39. The van der Waals surface area contributed by atoms with Crippen LogP contribution in [-0.2, 0) is 19.1 Å². The topological polar surface area (TPSA) is 125 Å². The van der Waals surface area contributed by atoms with Crippen LogP contribution >= 0.6 is 0 Å². The van der Waals surface area contributed by atoms with Crippen LogP contribution in [0.3, 0.4) is 0 Å². The third kappa shape index (κ3) is 10.7. The molecule has 1 saturated heterocycles. The van der Waals surface area contributed by atoms with Gasteiger partial charge in [0.2, 0.25) is 11.8 Å². The number of amides is 3. The van der Waals surface area contributed by atoms with Gasteiger partial charge in [-0.25, -0.2) is 4.79 Å². The van der Waals surface area contributed by atoms with Gasteiger partial charge in [0.05, 0.1) is 13.0 Å². The van der Waals surface area contributed by atoms with Crippen molar-refractivity contribution < 1.29 is 29.0 Å². The van der Waals surface area contributed by atoms with Crippen molar-refractivity contribution in [2.24, 2.45) is 5.92 Å². The van der Waals surface area contributed by atoms with Gasteiger partial charge in [0.1, 0.15) is 5.60 Å². The number of ether oxygens (including phenoxy) is 1. The van der Waals surface area contributed by atoms with Crippen LogP contribution < -0.4 is 10.6 Å². The molecule has 0 saturated carbocycles. The normalized spacial score (nSPS) is 15.0. The summed E-state index contributed by atoms with van der Waals surface area (Å²) in [6, 6.07) is 0. The van der Waals surface area contributed by atoms with E-state index in [1.807, 2.05) is 20.8 Å². The summed E-state index contributed by atoms with van der Waals surface area (Å²) in [5.74, 6) is -1.10. The van der Waals surface area contributed by atoms with Gasteiger partial charge in [0, 0.05) is 26.1 Å². The number of piperidine rings is 1. The molecular formula is C19H33N3O6. The summed E-state index contributed by atoms with van der Waals surface area (Å²) in [5, 5.41) is 13.5. The second-order valence-electron chi connectivity index (χ2n) is 8.07. The number of hydrogen-bond acceptors (Lipinski definition) is 5. The summed E-state index contributed by atoms with van der Waals surface area (Å²) in [4.78, 5) is 47.4. The van der Waals surface area contributed by atoms with E-state index in [1.165, 1.54) is 0 Å². The molecule has 1 aliphatic rings. The molecule has 1 rings (SSSR count). The highest BCUT2D eigenvalue weighted by Crippen LogP contribution is 2.23. The highest BCUT2D eigenvalue weighted by molar-refractivity contribution is 5.84. The first kappa shape index (κ1) is 23.7. The Morgan fingerprint density at radius 3 is 2.25 bits per heavy atom. The smallest absolute Gasteiger partial charge is 0.410 e. The zero-order valence-corrected chi connectivity index (χ0v) is 17.1. The Morgan fingerprint density at radius 2 is 1.68 bits per heavy atom. The van der Waals surface area contributed by atoms with Crippen molar-refractivity contribution in [2.45, 2.75) is 64.9 Å². The highest BCUT2D eigenvalue weighted by atomic mass is 16.6. The average Bonchev–Trinajstić information content (AvgIpc) is 2.58. The lowest BCUT2D eigenvalue weighted by Gasteiger charge is -2.33. The third-order valence-electron chi connectivity index (χ3n) is 4.39. The number of carboxylic acid groups (broad SMARTS) is 1. The van der Waals surface area contributed by atoms with E-state index in [2.05, 4.69) is 10.6 Å². The van der Waals surface area contributed by atoms with Gasteiger partial charge in [0.25, 0.3) is 0 Å². The maximum absolute atomic E-state index is 12.0. The maximum atomic E-state index is 12.0. The van der Waals surface area contributed by atoms with Crippen LogP contribution in [0.25, 0.3) is 0 Å². The average molecular weight is 399 g/mol. The number of nitrogens with zero attached hydrogens (tertiary/aromatic N) is 1. The van der Waals surface area contributed by atoms with Gasteiger partial charge in [-0.15, -0.1) is 0 Å². The quantitative estimate of drug-likeness (QED) is 0.540. The molecule has 0 spiro atoms. The van der Waals surface area contributed by atoms with E-state index in [0.717, 1.165) is 25.7 Å². The predicted molar refractivity (Wildman–Crippen MR) is 103 cm³/mol. The second-order valence-corrected chi connectivity index (χ2v) is 8.07. The van der Waals surface area contributed by atoms with Gasteiger partial charge in [-0.3, -0.25) is 14.4 Å². The fraction of sp³-hybridized carbons (Fsp3) is 0.789. The molecule has 0 aliphatic carbocycles. The Morgan fingerprint density at radius 1 is 1.04 bits per heavy atom. The lowest BCUT2D eigenvalue weighted by atomic mass is 9.91. The Bertz CT molecular complexity index is 550.